The molecular weight excluding hydrogens is 392 g/mol. The van der Waals surface area contributed by atoms with Gasteiger partial charge in [-0.2, -0.15) is 0 Å². The number of hydrogen-bond donors (Lipinski definition) is 0. The highest BCUT2D eigenvalue weighted by molar-refractivity contribution is 6.35. The molecular formula is C25H30N2O4. The molecule has 1 heterocycles. The lowest BCUT2D eigenvalue weighted by Crippen LogP contribution is -2.37. The van der Waals surface area contributed by atoms with E-state index in [1.807, 2.05) is 68.1 Å². The third kappa shape index (κ3) is 5.14. The Morgan fingerprint density at radius 2 is 1.65 bits per heavy atom. The van der Waals surface area contributed by atoms with E-state index < -0.39 is 0 Å². The molecule has 0 fully saturated rings. The van der Waals surface area contributed by atoms with E-state index in [1.54, 1.807) is 19.2 Å². The van der Waals surface area contributed by atoms with Crippen LogP contribution >= 0.6 is 0 Å². The number of amides is 2. The molecule has 0 aliphatic carbocycles. The predicted octanol–water partition coefficient (Wildman–Crippen LogP) is 3.72. The number of carbonyl (C=O) groups excluding carboxylic acids is 2. The summed E-state index contributed by atoms with van der Waals surface area (Å²) in [6.07, 6.45) is 0.0338. The van der Waals surface area contributed by atoms with Gasteiger partial charge < -0.3 is 14.4 Å². The molecule has 0 saturated heterocycles. The van der Waals surface area contributed by atoms with E-state index in [4.69, 9.17) is 9.47 Å². The van der Waals surface area contributed by atoms with Crippen molar-refractivity contribution in [2.45, 2.75) is 33.4 Å². The first-order valence-corrected chi connectivity index (χ1v) is 10.6. The Morgan fingerprint density at radius 1 is 0.968 bits per heavy atom. The van der Waals surface area contributed by atoms with Crippen LogP contribution in [0.25, 0.3) is 5.57 Å². The maximum atomic E-state index is 13.4. The fourth-order valence-electron chi connectivity index (χ4n) is 3.61. The minimum absolute atomic E-state index is 0.0338. The van der Waals surface area contributed by atoms with E-state index in [0.717, 1.165) is 5.56 Å². The van der Waals surface area contributed by atoms with Crippen molar-refractivity contribution in [3.63, 3.8) is 0 Å². The van der Waals surface area contributed by atoms with Crippen LogP contribution < -0.4 is 4.74 Å². The van der Waals surface area contributed by atoms with E-state index in [9.17, 15) is 9.59 Å². The Labute approximate surface area is 184 Å². The third-order valence-electron chi connectivity index (χ3n) is 5.20. The molecule has 2 aromatic rings. The van der Waals surface area contributed by atoms with Crippen molar-refractivity contribution in [2.24, 2.45) is 0 Å². The summed E-state index contributed by atoms with van der Waals surface area (Å²) in [5.41, 5.74) is 2.64. The number of benzene rings is 2. The summed E-state index contributed by atoms with van der Waals surface area (Å²) in [7, 11) is 1.60. The molecule has 6 heteroatoms. The van der Waals surface area contributed by atoms with Gasteiger partial charge in [-0.3, -0.25) is 14.5 Å². The van der Waals surface area contributed by atoms with Gasteiger partial charge in [-0.25, -0.2) is 0 Å². The van der Waals surface area contributed by atoms with Crippen LogP contribution in [0, 0.1) is 0 Å². The lowest BCUT2D eigenvalue weighted by Gasteiger charge is -2.25. The Morgan fingerprint density at radius 3 is 2.23 bits per heavy atom. The molecule has 0 unspecified atom stereocenters. The fourth-order valence-corrected chi connectivity index (χ4v) is 3.61. The molecule has 1 aliphatic heterocycles. The molecule has 0 radical (unpaired) electrons. The molecule has 31 heavy (non-hydrogen) atoms. The SMILES string of the molecule is CCN(Cc1ccccc1)C1=C(c2ccc(OC)cc2)C(=O)N(CCOC(C)C)C1=O. The summed E-state index contributed by atoms with van der Waals surface area (Å²) < 4.78 is 10.8. The number of hydrogen-bond acceptors (Lipinski definition) is 5. The first kappa shape index (κ1) is 22.6. The molecule has 2 aromatic carbocycles. The highest BCUT2D eigenvalue weighted by Crippen LogP contribution is 2.33. The highest BCUT2D eigenvalue weighted by Gasteiger charge is 2.41. The Balaban J connectivity index is 1.99. The zero-order chi connectivity index (χ0) is 22.4. The minimum Gasteiger partial charge on any atom is -0.497 e. The van der Waals surface area contributed by atoms with Crippen LogP contribution in [0.2, 0.25) is 0 Å². The molecule has 164 valence electrons. The van der Waals surface area contributed by atoms with Crippen LogP contribution in [0.15, 0.2) is 60.3 Å². The Hall–Kier alpha value is -3.12. The van der Waals surface area contributed by atoms with Gasteiger partial charge in [0, 0.05) is 13.1 Å². The normalized spacial score (nSPS) is 14.0. The number of methoxy groups -OCH3 is 1. The van der Waals surface area contributed by atoms with Gasteiger partial charge in [0.05, 0.1) is 31.9 Å². The maximum absolute atomic E-state index is 13.4. The average molecular weight is 423 g/mol. The van der Waals surface area contributed by atoms with Crippen molar-refractivity contribution in [2.75, 3.05) is 26.8 Å². The topological polar surface area (TPSA) is 59.1 Å². The van der Waals surface area contributed by atoms with Crippen molar-refractivity contribution in [1.29, 1.82) is 0 Å². The van der Waals surface area contributed by atoms with Crippen LogP contribution in [0.1, 0.15) is 31.9 Å². The fraction of sp³-hybridized carbons (Fsp3) is 0.360. The maximum Gasteiger partial charge on any atom is 0.277 e. The van der Waals surface area contributed by atoms with Crippen LogP contribution in [0.3, 0.4) is 0 Å². The zero-order valence-electron chi connectivity index (χ0n) is 18.6. The van der Waals surface area contributed by atoms with Gasteiger partial charge in [0.1, 0.15) is 11.4 Å². The number of likely N-dealkylation sites (N-methyl/N-ethyl adjacent to an activating group) is 1. The standard InChI is InChI=1S/C25H30N2O4/c1-5-26(17-19-9-7-6-8-10-19)23-22(20-11-13-21(30-4)14-12-20)24(28)27(25(23)29)15-16-31-18(2)3/h6-14,18H,5,15-17H2,1-4H3. The van der Waals surface area contributed by atoms with Gasteiger partial charge in [0.2, 0.25) is 0 Å². The molecule has 0 atom stereocenters. The molecule has 6 nitrogen and oxygen atoms in total. The van der Waals surface area contributed by atoms with Gasteiger partial charge in [-0.1, -0.05) is 42.5 Å². The van der Waals surface area contributed by atoms with Crippen molar-refractivity contribution in [1.82, 2.24) is 9.80 Å². The van der Waals surface area contributed by atoms with Gasteiger partial charge in [0.15, 0.2) is 0 Å². The van der Waals surface area contributed by atoms with Crippen molar-refractivity contribution in [3.8, 4) is 5.75 Å². The Bertz CT molecular complexity index is 936. The zero-order valence-corrected chi connectivity index (χ0v) is 18.6. The van der Waals surface area contributed by atoms with Gasteiger partial charge in [-0.05, 0) is 44.0 Å². The van der Waals surface area contributed by atoms with Crippen molar-refractivity contribution >= 4 is 17.4 Å². The summed E-state index contributed by atoms with van der Waals surface area (Å²) in [5.74, 6) is 0.131. The second kappa shape index (κ2) is 10.3. The van der Waals surface area contributed by atoms with E-state index in [1.165, 1.54) is 4.90 Å². The molecule has 0 spiro atoms. The van der Waals surface area contributed by atoms with Crippen molar-refractivity contribution in [3.05, 3.63) is 71.4 Å². The number of nitrogens with zero attached hydrogens (tertiary/aromatic N) is 2. The monoisotopic (exact) mass is 422 g/mol. The first-order valence-electron chi connectivity index (χ1n) is 10.6. The first-order chi connectivity index (χ1) is 15.0. The predicted molar refractivity (Wildman–Crippen MR) is 120 cm³/mol. The second-order valence-electron chi connectivity index (χ2n) is 7.63. The van der Waals surface area contributed by atoms with E-state index in [-0.39, 0.29) is 24.5 Å². The lowest BCUT2D eigenvalue weighted by atomic mass is 10.0. The van der Waals surface area contributed by atoms with E-state index in [2.05, 4.69) is 0 Å². The van der Waals surface area contributed by atoms with Gasteiger partial charge in [0.25, 0.3) is 11.8 Å². The molecule has 0 N–H and O–H groups in total. The Kier molecular flexibility index (Phi) is 7.47. The lowest BCUT2D eigenvalue weighted by molar-refractivity contribution is -0.138. The molecule has 3 rings (SSSR count). The van der Waals surface area contributed by atoms with Crippen LogP contribution in [0.5, 0.6) is 5.75 Å². The summed E-state index contributed by atoms with van der Waals surface area (Å²) in [6.45, 7) is 7.52. The number of rotatable bonds is 10. The van der Waals surface area contributed by atoms with Gasteiger partial charge in [-0.15, -0.1) is 0 Å². The van der Waals surface area contributed by atoms with E-state index >= 15 is 0 Å². The highest BCUT2D eigenvalue weighted by atomic mass is 16.5. The molecule has 1 aliphatic rings. The van der Waals surface area contributed by atoms with Crippen molar-refractivity contribution < 1.29 is 19.1 Å². The number of ether oxygens (including phenoxy) is 2. The molecule has 2 amide bonds. The summed E-state index contributed by atoms with van der Waals surface area (Å²) >= 11 is 0. The average Bonchev–Trinajstić information content (AvgIpc) is 3.02. The second-order valence-corrected chi connectivity index (χ2v) is 7.63. The molecule has 0 saturated carbocycles. The van der Waals surface area contributed by atoms with Crippen LogP contribution in [0.4, 0.5) is 0 Å². The summed E-state index contributed by atoms with van der Waals surface area (Å²) in [4.78, 5) is 30.0. The summed E-state index contributed by atoms with van der Waals surface area (Å²) in [6, 6.07) is 17.2. The molecule has 0 bridgehead atoms. The smallest absolute Gasteiger partial charge is 0.277 e. The quantitative estimate of drug-likeness (QED) is 0.546. The van der Waals surface area contributed by atoms with Crippen LogP contribution in [-0.4, -0.2) is 54.5 Å². The number of imide groups is 1. The third-order valence-corrected chi connectivity index (χ3v) is 5.20. The van der Waals surface area contributed by atoms with E-state index in [0.29, 0.717) is 42.3 Å². The molecule has 0 aromatic heterocycles. The van der Waals surface area contributed by atoms with Gasteiger partial charge >= 0.3 is 0 Å². The minimum atomic E-state index is -0.288. The summed E-state index contributed by atoms with van der Waals surface area (Å²) in [5, 5.41) is 0. The van der Waals surface area contributed by atoms with Crippen LogP contribution in [-0.2, 0) is 20.9 Å². The number of carbonyl (C=O) groups is 2. The largest absolute Gasteiger partial charge is 0.497 e.